The van der Waals surface area contributed by atoms with E-state index in [0.717, 1.165) is 0 Å². The van der Waals surface area contributed by atoms with Crippen LogP contribution in [0.4, 0.5) is 0 Å². The summed E-state index contributed by atoms with van der Waals surface area (Å²) >= 11 is 0. The maximum Gasteiger partial charge on any atom is 0.237 e. The molecule has 0 aromatic heterocycles. The van der Waals surface area contributed by atoms with Gasteiger partial charge in [-0.05, 0) is 13.8 Å². The molecule has 15 heavy (non-hydrogen) atoms. The summed E-state index contributed by atoms with van der Waals surface area (Å²) in [5.41, 5.74) is -0.624. The van der Waals surface area contributed by atoms with E-state index in [0.29, 0.717) is 26.2 Å². The quantitative estimate of drug-likeness (QED) is 0.591. The van der Waals surface area contributed by atoms with Crippen molar-refractivity contribution in [2.24, 2.45) is 0 Å². The van der Waals surface area contributed by atoms with Gasteiger partial charge in [0.25, 0.3) is 0 Å². The van der Waals surface area contributed by atoms with Crippen molar-refractivity contribution >= 4 is 5.91 Å². The summed E-state index contributed by atoms with van der Waals surface area (Å²) in [6, 6.07) is -0.179. The topological polar surface area (TPSA) is 61.8 Å². The Balaban J connectivity index is 2.22. The molecule has 1 amide bonds. The summed E-state index contributed by atoms with van der Waals surface area (Å²) in [5, 5.41) is 12.3. The highest BCUT2D eigenvalue weighted by Gasteiger charge is 2.40. The zero-order valence-electron chi connectivity index (χ0n) is 9.62. The molecule has 0 radical (unpaired) electrons. The van der Waals surface area contributed by atoms with Gasteiger partial charge in [-0.25, -0.2) is 0 Å². The summed E-state index contributed by atoms with van der Waals surface area (Å²) in [7, 11) is 1.60. The van der Waals surface area contributed by atoms with Crippen molar-refractivity contribution in [3.05, 3.63) is 0 Å². The first kappa shape index (κ1) is 12.4. The number of hydrogen-bond donors (Lipinski definition) is 2. The molecule has 1 aliphatic heterocycles. The van der Waals surface area contributed by atoms with Gasteiger partial charge in [0.05, 0.1) is 18.2 Å². The Labute approximate surface area is 90.4 Å². The van der Waals surface area contributed by atoms with Crippen LogP contribution in [0.3, 0.4) is 0 Å². The zero-order valence-corrected chi connectivity index (χ0v) is 9.62. The molecule has 5 nitrogen and oxygen atoms in total. The van der Waals surface area contributed by atoms with E-state index < -0.39 is 5.60 Å². The highest BCUT2D eigenvalue weighted by atomic mass is 16.5. The molecule has 5 heteroatoms. The van der Waals surface area contributed by atoms with Crippen LogP contribution >= 0.6 is 0 Å². The van der Waals surface area contributed by atoms with E-state index in [9.17, 15) is 9.90 Å². The number of likely N-dealkylation sites (tertiary alicyclic amines) is 1. The Morgan fingerprint density at radius 1 is 1.67 bits per heavy atom. The van der Waals surface area contributed by atoms with Gasteiger partial charge in [0, 0.05) is 26.7 Å². The van der Waals surface area contributed by atoms with Crippen LogP contribution in [0.2, 0.25) is 0 Å². The Hall–Kier alpha value is -0.650. The molecule has 0 bridgehead atoms. The van der Waals surface area contributed by atoms with E-state index in [1.54, 1.807) is 14.0 Å². The predicted octanol–water partition coefficient (Wildman–Crippen LogP) is -0.796. The van der Waals surface area contributed by atoms with E-state index in [1.165, 1.54) is 0 Å². The highest BCUT2D eigenvalue weighted by Crippen LogP contribution is 2.21. The summed E-state index contributed by atoms with van der Waals surface area (Å²) < 4.78 is 4.84. The fraction of sp³-hybridized carbons (Fsp3) is 0.900. The third-order valence-corrected chi connectivity index (χ3v) is 2.62. The van der Waals surface area contributed by atoms with Crippen molar-refractivity contribution < 1.29 is 14.6 Å². The van der Waals surface area contributed by atoms with E-state index in [-0.39, 0.29) is 11.9 Å². The second-order valence-corrected chi connectivity index (χ2v) is 4.36. The standard InChI is InChI=1S/C10H20N2O3/c1-8(9(13)11-4-5-15-3)12-6-10(2,14)7-12/h8,14H,4-7H2,1-3H3,(H,11,13). The van der Waals surface area contributed by atoms with Crippen molar-refractivity contribution in [1.82, 2.24) is 10.2 Å². The third-order valence-electron chi connectivity index (χ3n) is 2.62. The maximum atomic E-state index is 11.6. The minimum atomic E-state index is -0.624. The lowest BCUT2D eigenvalue weighted by atomic mass is 9.95. The highest BCUT2D eigenvalue weighted by molar-refractivity contribution is 5.81. The average Bonchev–Trinajstić information content (AvgIpc) is 2.13. The molecule has 2 N–H and O–H groups in total. The van der Waals surface area contributed by atoms with Gasteiger partial charge in [-0.3, -0.25) is 9.69 Å². The normalized spacial score (nSPS) is 21.9. The molecule has 1 rings (SSSR count). The third kappa shape index (κ3) is 3.44. The number of aliphatic hydroxyl groups is 1. The molecule has 88 valence electrons. The number of nitrogens with one attached hydrogen (secondary N) is 1. The lowest BCUT2D eigenvalue weighted by Gasteiger charge is -2.46. The lowest BCUT2D eigenvalue weighted by Crippen LogP contribution is -2.65. The second-order valence-electron chi connectivity index (χ2n) is 4.36. The monoisotopic (exact) mass is 216 g/mol. The van der Waals surface area contributed by atoms with Gasteiger partial charge in [0.15, 0.2) is 0 Å². The number of carbonyl (C=O) groups excluding carboxylic acids is 1. The van der Waals surface area contributed by atoms with Crippen LogP contribution in [0.1, 0.15) is 13.8 Å². The van der Waals surface area contributed by atoms with Gasteiger partial charge in [-0.2, -0.15) is 0 Å². The smallest absolute Gasteiger partial charge is 0.237 e. The number of β-amino-alcohol motifs (C(OH)–C–C–N with tert-alkyl or cyclic N) is 1. The van der Waals surface area contributed by atoms with Crippen LogP contribution in [-0.2, 0) is 9.53 Å². The molecule has 1 heterocycles. The Kier molecular flexibility index (Phi) is 4.07. The Morgan fingerprint density at radius 3 is 2.73 bits per heavy atom. The molecule has 1 unspecified atom stereocenters. The molecular formula is C10H20N2O3. The summed E-state index contributed by atoms with van der Waals surface area (Å²) in [4.78, 5) is 13.5. The van der Waals surface area contributed by atoms with Crippen LogP contribution in [-0.4, -0.2) is 60.9 Å². The number of amides is 1. The largest absolute Gasteiger partial charge is 0.388 e. The number of ether oxygens (including phenoxy) is 1. The van der Waals surface area contributed by atoms with Gasteiger partial charge in [-0.1, -0.05) is 0 Å². The molecular weight excluding hydrogens is 196 g/mol. The van der Waals surface area contributed by atoms with E-state index >= 15 is 0 Å². The average molecular weight is 216 g/mol. The van der Waals surface area contributed by atoms with Crippen molar-refractivity contribution in [2.45, 2.75) is 25.5 Å². The first-order valence-corrected chi connectivity index (χ1v) is 5.19. The van der Waals surface area contributed by atoms with E-state index in [4.69, 9.17) is 4.74 Å². The van der Waals surface area contributed by atoms with E-state index in [1.807, 2.05) is 11.8 Å². The minimum absolute atomic E-state index is 0.0115. The second kappa shape index (κ2) is 4.92. The number of nitrogens with zero attached hydrogens (tertiary/aromatic N) is 1. The molecule has 1 saturated heterocycles. The van der Waals surface area contributed by atoms with Crippen LogP contribution in [0, 0.1) is 0 Å². The molecule has 0 aromatic rings. The molecule has 0 aromatic carbocycles. The number of carbonyl (C=O) groups is 1. The Morgan fingerprint density at radius 2 is 2.27 bits per heavy atom. The number of hydrogen-bond acceptors (Lipinski definition) is 4. The SMILES string of the molecule is COCCNC(=O)C(C)N1CC(C)(O)C1. The fourth-order valence-corrected chi connectivity index (χ4v) is 1.69. The van der Waals surface area contributed by atoms with Crippen LogP contribution < -0.4 is 5.32 Å². The first-order chi connectivity index (χ1) is 6.96. The van der Waals surface area contributed by atoms with Crippen molar-refractivity contribution in [3.8, 4) is 0 Å². The number of methoxy groups -OCH3 is 1. The molecule has 1 aliphatic rings. The lowest BCUT2D eigenvalue weighted by molar-refractivity contribution is -0.138. The number of rotatable bonds is 5. The van der Waals surface area contributed by atoms with Crippen LogP contribution in [0.25, 0.3) is 0 Å². The van der Waals surface area contributed by atoms with Gasteiger partial charge in [0.2, 0.25) is 5.91 Å². The first-order valence-electron chi connectivity index (χ1n) is 5.19. The van der Waals surface area contributed by atoms with Gasteiger partial charge >= 0.3 is 0 Å². The maximum absolute atomic E-state index is 11.6. The van der Waals surface area contributed by atoms with Gasteiger partial charge < -0.3 is 15.2 Å². The van der Waals surface area contributed by atoms with Crippen molar-refractivity contribution in [2.75, 3.05) is 33.4 Å². The molecule has 1 atom stereocenters. The molecule has 0 saturated carbocycles. The van der Waals surface area contributed by atoms with Gasteiger partial charge in [0.1, 0.15) is 0 Å². The molecule has 0 spiro atoms. The minimum Gasteiger partial charge on any atom is -0.388 e. The summed E-state index contributed by atoms with van der Waals surface area (Å²) in [6.45, 7) is 5.80. The van der Waals surface area contributed by atoms with Crippen LogP contribution in [0.5, 0.6) is 0 Å². The predicted molar refractivity (Wildman–Crippen MR) is 56.5 cm³/mol. The summed E-state index contributed by atoms with van der Waals surface area (Å²) in [6.07, 6.45) is 0. The molecule has 1 fully saturated rings. The Bertz CT molecular complexity index is 223. The summed E-state index contributed by atoms with van der Waals surface area (Å²) in [5.74, 6) is -0.0115. The zero-order chi connectivity index (χ0) is 11.5. The van der Waals surface area contributed by atoms with Crippen molar-refractivity contribution in [3.63, 3.8) is 0 Å². The van der Waals surface area contributed by atoms with E-state index in [2.05, 4.69) is 5.32 Å². The molecule has 0 aliphatic carbocycles. The van der Waals surface area contributed by atoms with Crippen molar-refractivity contribution in [1.29, 1.82) is 0 Å². The van der Waals surface area contributed by atoms with Crippen LogP contribution in [0.15, 0.2) is 0 Å². The fourth-order valence-electron chi connectivity index (χ4n) is 1.69. The van der Waals surface area contributed by atoms with Gasteiger partial charge in [-0.15, -0.1) is 0 Å².